The molecule has 0 bridgehead atoms. The monoisotopic (exact) mass is 396 g/mol. The third kappa shape index (κ3) is 5.59. The lowest BCUT2D eigenvalue weighted by Gasteiger charge is -2.31. The van der Waals surface area contributed by atoms with Crippen molar-refractivity contribution in [3.8, 4) is 0 Å². The fourth-order valence-corrected chi connectivity index (χ4v) is 3.63. The van der Waals surface area contributed by atoms with Gasteiger partial charge in [-0.3, -0.25) is 13.9 Å². The lowest BCUT2D eigenvalue weighted by molar-refractivity contribution is -0.123. The maximum atomic E-state index is 12.8. The molecule has 0 radical (unpaired) electrons. The summed E-state index contributed by atoms with van der Waals surface area (Å²) in [4.78, 5) is 25.2. The largest absolute Gasteiger partial charge is 0.350 e. The number of hydrogen-bond donors (Lipinski definition) is 2. The van der Waals surface area contributed by atoms with Gasteiger partial charge >= 0.3 is 5.69 Å². The molecule has 0 spiro atoms. The Morgan fingerprint density at radius 1 is 1.19 bits per heavy atom. The predicted octanol–water partition coefficient (Wildman–Crippen LogP) is 2.90. The number of carbonyl (C=O) groups is 1. The van der Waals surface area contributed by atoms with Crippen LogP contribution in [0.25, 0.3) is 11.0 Å². The Balaban J connectivity index is 0.00000364. The summed E-state index contributed by atoms with van der Waals surface area (Å²) in [6.45, 7) is 9.69. The highest BCUT2D eigenvalue weighted by molar-refractivity contribution is 5.85. The Morgan fingerprint density at radius 2 is 1.74 bits per heavy atom. The van der Waals surface area contributed by atoms with Crippen LogP contribution in [-0.2, 0) is 17.9 Å². The molecule has 152 valence electrons. The lowest BCUT2D eigenvalue weighted by atomic mass is 9.90. The minimum Gasteiger partial charge on any atom is -0.350 e. The second-order valence-electron chi connectivity index (χ2n) is 7.74. The van der Waals surface area contributed by atoms with Gasteiger partial charge in [0, 0.05) is 31.6 Å². The van der Waals surface area contributed by atoms with E-state index in [1.54, 1.807) is 9.13 Å². The van der Waals surface area contributed by atoms with Crippen LogP contribution in [0.5, 0.6) is 0 Å². The van der Waals surface area contributed by atoms with Crippen molar-refractivity contribution in [1.82, 2.24) is 14.5 Å². The van der Waals surface area contributed by atoms with Crippen molar-refractivity contribution in [3.05, 3.63) is 34.7 Å². The maximum Gasteiger partial charge on any atom is 0.329 e. The Morgan fingerprint density at radius 3 is 2.22 bits per heavy atom. The van der Waals surface area contributed by atoms with E-state index in [4.69, 9.17) is 5.73 Å². The molecule has 0 aliphatic carbocycles. The van der Waals surface area contributed by atoms with Crippen LogP contribution in [0.1, 0.15) is 47.0 Å². The quantitative estimate of drug-likeness (QED) is 0.683. The van der Waals surface area contributed by atoms with Crippen molar-refractivity contribution >= 4 is 29.3 Å². The Hall–Kier alpha value is -1.79. The van der Waals surface area contributed by atoms with Gasteiger partial charge in [-0.2, -0.15) is 0 Å². The minimum absolute atomic E-state index is 0. The van der Waals surface area contributed by atoms with E-state index < -0.39 is 5.54 Å². The summed E-state index contributed by atoms with van der Waals surface area (Å²) < 4.78 is 3.49. The summed E-state index contributed by atoms with van der Waals surface area (Å²) in [6.07, 6.45) is 1.97. The fraction of sp³-hybridized carbons (Fsp3) is 0.600. The topological polar surface area (TPSA) is 82.0 Å². The third-order valence-electron chi connectivity index (χ3n) is 4.69. The molecule has 1 aromatic heterocycles. The van der Waals surface area contributed by atoms with Crippen LogP contribution >= 0.6 is 12.4 Å². The zero-order valence-electron chi connectivity index (χ0n) is 16.8. The number of nitrogens with two attached hydrogens (primary N) is 1. The summed E-state index contributed by atoms with van der Waals surface area (Å²) in [5.41, 5.74) is 7.21. The molecule has 2 rings (SSSR count). The zero-order chi connectivity index (χ0) is 19.3. The first-order valence-corrected chi connectivity index (χ1v) is 9.50. The molecule has 1 heterocycles. The molecule has 0 saturated heterocycles. The number of nitrogens with zero attached hydrogens (tertiary/aromatic N) is 2. The van der Waals surface area contributed by atoms with Crippen LogP contribution in [-0.4, -0.2) is 27.1 Å². The van der Waals surface area contributed by atoms with Crippen LogP contribution < -0.4 is 16.7 Å². The van der Waals surface area contributed by atoms with E-state index >= 15 is 0 Å². The SMILES string of the molecule is CCCn1c(=O)n(CCC(=O)NC(C)(CN)CC(C)C)c2ccccc21.Cl. The number of aryl methyl sites for hydroxylation is 2. The molecule has 0 fully saturated rings. The van der Waals surface area contributed by atoms with Crippen molar-refractivity contribution in [2.24, 2.45) is 11.7 Å². The second kappa shape index (κ2) is 9.95. The number of amides is 1. The van der Waals surface area contributed by atoms with Crippen molar-refractivity contribution in [2.45, 2.75) is 65.6 Å². The van der Waals surface area contributed by atoms with Crippen molar-refractivity contribution in [2.75, 3.05) is 6.54 Å². The molecule has 0 aliphatic heterocycles. The van der Waals surface area contributed by atoms with Crippen LogP contribution in [0, 0.1) is 5.92 Å². The van der Waals surface area contributed by atoms with E-state index in [1.165, 1.54) is 0 Å². The number of hydrogen-bond acceptors (Lipinski definition) is 3. The maximum absolute atomic E-state index is 12.8. The van der Waals surface area contributed by atoms with Crippen LogP contribution in [0.3, 0.4) is 0 Å². The molecule has 0 saturated carbocycles. The molecule has 6 nitrogen and oxygen atoms in total. The van der Waals surface area contributed by atoms with Crippen molar-refractivity contribution < 1.29 is 4.79 Å². The molecule has 7 heteroatoms. The number of carbonyl (C=O) groups excluding carboxylic acids is 1. The normalized spacial score (nSPS) is 13.4. The van der Waals surface area contributed by atoms with Crippen LogP contribution in [0.2, 0.25) is 0 Å². The second-order valence-corrected chi connectivity index (χ2v) is 7.74. The van der Waals surface area contributed by atoms with E-state index in [1.807, 2.05) is 38.1 Å². The number of aromatic nitrogens is 2. The Labute approximate surface area is 167 Å². The van der Waals surface area contributed by atoms with Crippen molar-refractivity contribution in [3.63, 3.8) is 0 Å². The summed E-state index contributed by atoms with van der Waals surface area (Å²) in [6, 6.07) is 7.74. The zero-order valence-corrected chi connectivity index (χ0v) is 17.6. The van der Waals surface area contributed by atoms with Gasteiger partial charge in [0.25, 0.3) is 0 Å². The molecule has 1 atom stereocenters. The number of rotatable bonds is 9. The van der Waals surface area contributed by atoms with Gasteiger partial charge in [-0.05, 0) is 37.8 Å². The first kappa shape index (κ1) is 23.2. The van der Waals surface area contributed by atoms with Crippen LogP contribution in [0.15, 0.2) is 29.1 Å². The lowest BCUT2D eigenvalue weighted by Crippen LogP contribution is -2.52. The van der Waals surface area contributed by atoms with E-state index in [0.717, 1.165) is 23.9 Å². The summed E-state index contributed by atoms with van der Waals surface area (Å²) in [7, 11) is 0. The van der Waals surface area contributed by atoms with Gasteiger partial charge in [0.05, 0.1) is 11.0 Å². The fourth-order valence-electron chi connectivity index (χ4n) is 3.63. The molecule has 0 aliphatic rings. The highest BCUT2D eigenvalue weighted by atomic mass is 35.5. The number of nitrogens with one attached hydrogen (secondary N) is 1. The molecule has 2 aromatic rings. The minimum atomic E-state index is -0.410. The highest BCUT2D eigenvalue weighted by Gasteiger charge is 2.25. The number of benzene rings is 1. The Bertz CT molecular complexity index is 812. The predicted molar refractivity (Wildman–Crippen MR) is 113 cm³/mol. The smallest absolute Gasteiger partial charge is 0.329 e. The highest BCUT2D eigenvalue weighted by Crippen LogP contribution is 2.16. The van der Waals surface area contributed by atoms with Gasteiger partial charge in [0.2, 0.25) is 5.91 Å². The van der Waals surface area contributed by atoms with E-state index in [9.17, 15) is 9.59 Å². The molecular formula is C20H33ClN4O2. The average Bonchev–Trinajstić information content (AvgIpc) is 2.85. The van der Waals surface area contributed by atoms with Gasteiger partial charge in [-0.1, -0.05) is 32.9 Å². The first-order chi connectivity index (χ1) is 12.3. The van der Waals surface area contributed by atoms with E-state index in [2.05, 4.69) is 19.2 Å². The van der Waals surface area contributed by atoms with Crippen LogP contribution in [0.4, 0.5) is 0 Å². The first-order valence-electron chi connectivity index (χ1n) is 9.50. The molecule has 1 amide bonds. The summed E-state index contributed by atoms with van der Waals surface area (Å²) >= 11 is 0. The summed E-state index contributed by atoms with van der Waals surface area (Å²) in [5.74, 6) is 0.372. The molecular weight excluding hydrogens is 364 g/mol. The van der Waals surface area contributed by atoms with E-state index in [-0.39, 0.29) is 30.4 Å². The van der Waals surface area contributed by atoms with Gasteiger partial charge < -0.3 is 11.1 Å². The van der Waals surface area contributed by atoms with Gasteiger partial charge in [0.15, 0.2) is 0 Å². The third-order valence-corrected chi connectivity index (χ3v) is 4.69. The average molecular weight is 397 g/mol. The number of imidazole rings is 1. The standard InChI is InChI=1S/C20H32N4O2.ClH/c1-5-11-23-16-8-6-7-9-17(16)24(19(23)26)12-10-18(25)22-20(4,14-21)13-15(2)3;/h6-9,15H,5,10-14,21H2,1-4H3,(H,22,25);1H. The molecule has 3 N–H and O–H groups in total. The number of para-hydroxylation sites is 2. The van der Waals surface area contributed by atoms with E-state index in [0.29, 0.717) is 25.6 Å². The Kier molecular flexibility index (Phi) is 8.57. The molecule has 27 heavy (non-hydrogen) atoms. The summed E-state index contributed by atoms with van der Waals surface area (Å²) in [5, 5.41) is 3.06. The number of halogens is 1. The number of fused-ring (bicyclic) bond motifs is 1. The van der Waals surface area contributed by atoms with Gasteiger partial charge in [-0.15, -0.1) is 12.4 Å². The van der Waals surface area contributed by atoms with Crippen molar-refractivity contribution in [1.29, 1.82) is 0 Å². The van der Waals surface area contributed by atoms with Gasteiger partial charge in [-0.25, -0.2) is 4.79 Å². The molecule has 1 aromatic carbocycles. The van der Waals surface area contributed by atoms with Gasteiger partial charge in [0.1, 0.15) is 0 Å². The molecule has 1 unspecified atom stereocenters.